The Labute approximate surface area is 146 Å². The van der Waals surface area contributed by atoms with Crippen LogP contribution in [0.15, 0.2) is 42.5 Å². The predicted octanol–water partition coefficient (Wildman–Crippen LogP) is 6.55. The first-order valence-corrected chi connectivity index (χ1v) is 8.92. The molecule has 2 aromatic carbocycles. The monoisotopic (exact) mass is 348 g/mol. The van der Waals surface area contributed by atoms with Crippen molar-refractivity contribution in [3.8, 4) is 16.9 Å². The summed E-state index contributed by atoms with van der Waals surface area (Å²) in [5.41, 5.74) is 4.75. The topological polar surface area (TPSA) is 9.23 Å². The average molecular weight is 348 g/mol. The van der Waals surface area contributed by atoms with Crippen LogP contribution < -0.4 is 4.74 Å². The maximum atomic E-state index is 12.2. The summed E-state index contributed by atoms with van der Waals surface area (Å²) in [5, 5.41) is 0. The summed E-state index contributed by atoms with van der Waals surface area (Å²) in [6, 6.07) is 12.5. The predicted molar refractivity (Wildman–Crippen MR) is 93.6 cm³/mol. The van der Waals surface area contributed by atoms with E-state index >= 15 is 0 Å². The summed E-state index contributed by atoms with van der Waals surface area (Å²) < 4.78 is 40.6. The highest BCUT2D eigenvalue weighted by Crippen LogP contribution is 2.33. The van der Waals surface area contributed by atoms with E-state index in [0.29, 0.717) is 0 Å². The number of hydrogen-bond donors (Lipinski definition) is 0. The average Bonchev–Trinajstić information content (AvgIpc) is 2.58. The Morgan fingerprint density at radius 3 is 2.40 bits per heavy atom. The van der Waals surface area contributed by atoms with Gasteiger partial charge in [0.25, 0.3) is 0 Å². The van der Waals surface area contributed by atoms with E-state index in [9.17, 15) is 13.2 Å². The molecule has 0 N–H and O–H groups in total. The number of halogens is 3. The second-order valence-electron chi connectivity index (χ2n) is 6.81. The molecule has 0 aromatic heterocycles. The van der Waals surface area contributed by atoms with Crippen molar-refractivity contribution in [3.63, 3.8) is 0 Å². The summed E-state index contributed by atoms with van der Waals surface area (Å²) in [7, 11) is 0. The van der Waals surface area contributed by atoms with E-state index < -0.39 is 6.36 Å². The lowest BCUT2D eigenvalue weighted by molar-refractivity contribution is -0.274. The van der Waals surface area contributed by atoms with E-state index in [4.69, 9.17) is 0 Å². The number of aryl methyl sites for hydroxylation is 1. The minimum atomic E-state index is -4.65. The van der Waals surface area contributed by atoms with Gasteiger partial charge in [-0.05, 0) is 59.6 Å². The number of hydrogen-bond acceptors (Lipinski definition) is 1. The maximum Gasteiger partial charge on any atom is 0.573 e. The zero-order chi connectivity index (χ0) is 17.9. The largest absolute Gasteiger partial charge is 0.573 e. The quantitative estimate of drug-likeness (QED) is 0.595. The number of rotatable bonds is 5. The summed E-state index contributed by atoms with van der Waals surface area (Å²) >= 11 is 0. The first kappa shape index (κ1) is 17.8. The Balaban J connectivity index is 1.72. The molecule has 134 valence electrons. The first-order chi connectivity index (χ1) is 11.9. The number of ether oxygens (including phenoxy) is 1. The molecule has 0 heterocycles. The van der Waals surface area contributed by atoms with Crippen LogP contribution in [0, 0.1) is 5.92 Å². The van der Waals surface area contributed by atoms with E-state index in [1.165, 1.54) is 48.9 Å². The minimum Gasteiger partial charge on any atom is -0.406 e. The van der Waals surface area contributed by atoms with Crippen molar-refractivity contribution in [3.05, 3.63) is 53.6 Å². The molecule has 1 unspecified atom stereocenters. The van der Waals surface area contributed by atoms with Crippen molar-refractivity contribution in [2.24, 2.45) is 5.92 Å². The van der Waals surface area contributed by atoms with Gasteiger partial charge in [0.1, 0.15) is 5.75 Å². The zero-order valence-electron chi connectivity index (χ0n) is 14.4. The molecule has 1 nitrogen and oxygen atoms in total. The molecule has 0 saturated heterocycles. The fourth-order valence-electron chi connectivity index (χ4n) is 3.60. The molecule has 1 atom stereocenters. The Morgan fingerprint density at radius 1 is 1.00 bits per heavy atom. The van der Waals surface area contributed by atoms with Gasteiger partial charge >= 0.3 is 6.36 Å². The third-order valence-electron chi connectivity index (χ3n) is 4.92. The zero-order valence-corrected chi connectivity index (χ0v) is 14.4. The standard InChI is InChI=1S/C21H23F3O/c1-2-3-4-15-5-6-19-14-18(8-7-17(19)13-15)16-9-11-20(12-10-16)25-21(22,23)24/h7-12,14-15H,2-6,13H2,1H3. The van der Waals surface area contributed by atoms with Crippen molar-refractivity contribution in [1.29, 1.82) is 0 Å². The molecular formula is C21H23F3O. The van der Waals surface area contributed by atoms with E-state index in [1.807, 2.05) is 0 Å². The number of benzene rings is 2. The molecule has 0 fully saturated rings. The number of alkyl halides is 3. The third-order valence-corrected chi connectivity index (χ3v) is 4.92. The highest BCUT2D eigenvalue weighted by Gasteiger charge is 2.31. The second kappa shape index (κ2) is 7.51. The van der Waals surface area contributed by atoms with Crippen molar-refractivity contribution in [2.75, 3.05) is 0 Å². The molecule has 3 rings (SSSR count). The fraction of sp³-hybridized carbons (Fsp3) is 0.429. The Morgan fingerprint density at radius 2 is 1.72 bits per heavy atom. The molecule has 1 aliphatic carbocycles. The normalized spacial score (nSPS) is 17.2. The summed E-state index contributed by atoms with van der Waals surface area (Å²) in [5.74, 6) is 0.602. The number of fused-ring (bicyclic) bond motifs is 1. The van der Waals surface area contributed by atoms with Gasteiger partial charge in [0.15, 0.2) is 0 Å². The highest BCUT2D eigenvalue weighted by molar-refractivity contribution is 5.66. The van der Waals surface area contributed by atoms with Crippen molar-refractivity contribution in [1.82, 2.24) is 0 Å². The van der Waals surface area contributed by atoms with Gasteiger partial charge in [0, 0.05) is 0 Å². The van der Waals surface area contributed by atoms with E-state index in [2.05, 4.69) is 29.9 Å². The van der Waals surface area contributed by atoms with Crippen molar-refractivity contribution in [2.45, 2.75) is 51.8 Å². The summed E-state index contributed by atoms with van der Waals surface area (Å²) in [6.45, 7) is 2.23. The molecule has 0 aliphatic heterocycles. The van der Waals surface area contributed by atoms with Gasteiger partial charge in [-0.2, -0.15) is 0 Å². The van der Waals surface area contributed by atoms with E-state index in [0.717, 1.165) is 29.9 Å². The molecule has 0 amide bonds. The molecule has 2 aromatic rings. The first-order valence-electron chi connectivity index (χ1n) is 8.92. The molecule has 0 saturated carbocycles. The van der Waals surface area contributed by atoms with Crippen LogP contribution in [0.5, 0.6) is 5.75 Å². The third kappa shape index (κ3) is 4.77. The Hall–Kier alpha value is -1.97. The fourth-order valence-corrected chi connectivity index (χ4v) is 3.60. The lowest BCUT2D eigenvalue weighted by atomic mass is 9.80. The summed E-state index contributed by atoms with van der Waals surface area (Å²) in [6.07, 6.45) is 2.66. The van der Waals surface area contributed by atoms with Crippen LogP contribution in [0.25, 0.3) is 11.1 Å². The van der Waals surface area contributed by atoms with Gasteiger partial charge in [-0.25, -0.2) is 0 Å². The van der Waals surface area contributed by atoms with Crippen molar-refractivity contribution < 1.29 is 17.9 Å². The van der Waals surface area contributed by atoms with Crippen molar-refractivity contribution >= 4 is 0 Å². The molecule has 0 spiro atoms. The van der Waals surface area contributed by atoms with Gasteiger partial charge in [0.05, 0.1) is 0 Å². The van der Waals surface area contributed by atoms with Gasteiger partial charge in [0.2, 0.25) is 0 Å². The van der Waals surface area contributed by atoms with Crippen LogP contribution in [-0.4, -0.2) is 6.36 Å². The molecule has 0 bridgehead atoms. The highest BCUT2D eigenvalue weighted by atomic mass is 19.4. The molecule has 1 aliphatic rings. The molecule has 0 radical (unpaired) electrons. The lowest BCUT2D eigenvalue weighted by Crippen LogP contribution is -2.16. The molecule has 25 heavy (non-hydrogen) atoms. The van der Waals surface area contributed by atoms with E-state index in [-0.39, 0.29) is 5.75 Å². The minimum absolute atomic E-state index is 0.187. The van der Waals surface area contributed by atoms with Crippen LogP contribution in [0.3, 0.4) is 0 Å². The van der Waals surface area contributed by atoms with Gasteiger partial charge < -0.3 is 4.74 Å². The lowest BCUT2D eigenvalue weighted by Gasteiger charge is -2.25. The molecule has 4 heteroatoms. The van der Waals surface area contributed by atoms with Crippen LogP contribution in [0.2, 0.25) is 0 Å². The SMILES string of the molecule is CCCCC1CCc2cc(-c3ccc(OC(F)(F)F)cc3)ccc2C1. The second-order valence-corrected chi connectivity index (χ2v) is 6.81. The van der Waals surface area contributed by atoms with Crippen LogP contribution in [0.4, 0.5) is 13.2 Å². The Bertz CT molecular complexity index is 704. The van der Waals surface area contributed by atoms with Crippen LogP contribution in [0.1, 0.15) is 43.7 Å². The smallest absolute Gasteiger partial charge is 0.406 e. The number of unbranched alkanes of at least 4 members (excludes halogenated alkanes) is 1. The van der Waals surface area contributed by atoms with Crippen LogP contribution in [-0.2, 0) is 12.8 Å². The van der Waals surface area contributed by atoms with Gasteiger partial charge in [-0.1, -0.05) is 56.5 Å². The Kier molecular flexibility index (Phi) is 5.36. The van der Waals surface area contributed by atoms with Gasteiger partial charge in [-0.15, -0.1) is 13.2 Å². The summed E-state index contributed by atoms with van der Waals surface area (Å²) in [4.78, 5) is 0. The van der Waals surface area contributed by atoms with E-state index in [1.54, 1.807) is 12.1 Å². The van der Waals surface area contributed by atoms with Gasteiger partial charge in [-0.3, -0.25) is 0 Å². The maximum absolute atomic E-state index is 12.2. The van der Waals surface area contributed by atoms with Crippen LogP contribution >= 0.6 is 0 Å². The molecular weight excluding hydrogens is 325 g/mol.